The number of aliphatic hydroxyl groups excluding tert-OH is 1. The molecule has 0 heterocycles. The first-order chi connectivity index (χ1) is 12.5. The van der Waals surface area contributed by atoms with Crippen molar-refractivity contribution in [3.8, 4) is 11.5 Å². The molecule has 0 saturated carbocycles. The predicted octanol–water partition coefficient (Wildman–Crippen LogP) is 4.59. The highest BCUT2D eigenvalue weighted by Crippen LogP contribution is 2.23. The minimum atomic E-state index is -1.06. The normalized spacial score (nSPS) is 11.7. The van der Waals surface area contributed by atoms with Crippen LogP contribution in [0.2, 0.25) is 0 Å². The standard InChI is InChI=1S/C22H20O4/c1-15-3-7-17(8-4-15)21(23)25-19-11-13-20(14-12-19)26-22(24)18-9-5-16(2)6-10-18/h3-14,21,23H,1-2H3. The van der Waals surface area contributed by atoms with Gasteiger partial charge in [0.1, 0.15) is 11.5 Å². The maximum absolute atomic E-state index is 12.1. The molecule has 1 N–H and O–H groups in total. The predicted molar refractivity (Wildman–Crippen MR) is 99.3 cm³/mol. The lowest BCUT2D eigenvalue weighted by Gasteiger charge is -2.14. The van der Waals surface area contributed by atoms with Crippen molar-refractivity contribution < 1.29 is 19.4 Å². The van der Waals surface area contributed by atoms with E-state index in [1.807, 2.05) is 50.2 Å². The van der Waals surface area contributed by atoms with E-state index in [0.29, 0.717) is 22.6 Å². The van der Waals surface area contributed by atoms with Gasteiger partial charge < -0.3 is 14.6 Å². The smallest absolute Gasteiger partial charge is 0.343 e. The Bertz CT molecular complexity index is 866. The van der Waals surface area contributed by atoms with Gasteiger partial charge in [-0.05, 0) is 50.2 Å². The zero-order chi connectivity index (χ0) is 18.5. The first kappa shape index (κ1) is 17.7. The molecule has 4 heteroatoms. The first-order valence-electron chi connectivity index (χ1n) is 8.31. The fourth-order valence-electron chi connectivity index (χ4n) is 2.37. The van der Waals surface area contributed by atoms with E-state index in [0.717, 1.165) is 11.1 Å². The highest BCUT2D eigenvalue weighted by molar-refractivity contribution is 5.91. The van der Waals surface area contributed by atoms with E-state index in [1.54, 1.807) is 36.4 Å². The molecule has 1 unspecified atom stereocenters. The Balaban J connectivity index is 1.62. The van der Waals surface area contributed by atoms with Crippen molar-refractivity contribution in [2.24, 2.45) is 0 Å². The van der Waals surface area contributed by atoms with Crippen molar-refractivity contribution in [3.63, 3.8) is 0 Å². The van der Waals surface area contributed by atoms with Gasteiger partial charge in [-0.3, -0.25) is 0 Å². The molecule has 0 bridgehead atoms. The van der Waals surface area contributed by atoms with Crippen LogP contribution in [0.3, 0.4) is 0 Å². The molecule has 0 spiro atoms. The number of aryl methyl sites for hydroxylation is 2. The summed E-state index contributed by atoms with van der Waals surface area (Å²) in [6.45, 7) is 3.94. The SMILES string of the molecule is Cc1ccc(C(=O)Oc2ccc(OC(O)c3ccc(C)cc3)cc2)cc1. The molecule has 1 atom stereocenters. The topological polar surface area (TPSA) is 55.8 Å². The molecule has 4 nitrogen and oxygen atoms in total. The van der Waals surface area contributed by atoms with Crippen LogP contribution in [-0.4, -0.2) is 11.1 Å². The van der Waals surface area contributed by atoms with Crippen molar-refractivity contribution in [1.82, 2.24) is 0 Å². The number of rotatable bonds is 5. The Hall–Kier alpha value is -3.11. The highest BCUT2D eigenvalue weighted by Gasteiger charge is 2.11. The lowest BCUT2D eigenvalue weighted by molar-refractivity contribution is -0.0194. The number of aliphatic hydroxyl groups is 1. The van der Waals surface area contributed by atoms with Crippen molar-refractivity contribution in [1.29, 1.82) is 0 Å². The van der Waals surface area contributed by atoms with Crippen LogP contribution in [0.15, 0.2) is 72.8 Å². The fraction of sp³-hybridized carbons (Fsp3) is 0.136. The Morgan fingerprint density at radius 2 is 1.27 bits per heavy atom. The molecule has 0 fully saturated rings. The minimum absolute atomic E-state index is 0.410. The van der Waals surface area contributed by atoms with Gasteiger partial charge in [0.2, 0.25) is 6.29 Å². The van der Waals surface area contributed by atoms with Crippen molar-refractivity contribution in [2.75, 3.05) is 0 Å². The van der Waals surface area contributed by atoms with Crippen LogP contribution in [0.5, 0.6) is 11.5 Å². The first-order valence-corrected chi connectivity index (χ1v) is 8.31. The number of ether oxygens (including phenoxy) is 2. The zero-order valence-electron chi connectivity index (χ0n) is 14.7. The van der Waals surface area contributed by atoms with Crippen molar-refractivity contribution in [3.05, 3.63) is 95.1 Å². The Morgan fingerprint density at radius 3 is 1.85 bits per heavy atom. The molecule has 3 aromatic carbocycles. The van der Waals surface area contributed by atoms with Crippen LogP contribution in [0.25, 0.3) is 0 Å². The van der Waals surface area contributed by atoms with Gasteiger partial charge in [-0.2, -0.15) is 0 Å². The summed E-state index contributed by atoms with van der Waals surface area (Å²) in [5.74, 6) is 0.472. The van der Waals surface area contributed by atoms with Crippen LogP contribution >= 0.6 is 0 Å². The summed E-state index contributed by atoms with van der Waals surface area (Å²) in [6, 6.07) is 21.2. The lowest BCUT2D eigenvalue weighted by Crippen LogP contribution is -2.08. The quantitative estimate of drug-likeness (QED) is 0.416. The van der Waals surface area contributed by atoms with Gasteiger partial charge >= 0.3 is 5.97 Å². The average Bonchev–Trinajstić information content (AvgIpc) is 2.64. The summed E-state index contributed by atoms with van der Waals surface area (Å²) < 4.78 is 10.9. The monoisotopic (exact) mass is 348 g/mol. The third-order valence-corrected chi connectivity index (χ3v) is 3.93. The fourth-order valence-corrected chi connectivity index (χ4v) is 2.37. The number of carbonyl (C=O) groups is 1. The second-order valence-electron chi connectivity index (χ2n) is 6.11. The van der Waals surface area contributed by atoms with Gasteiger partial charge in [-0.1, -0.05) is 47.5 Å². The van der Waals surface area contributed by atoms with Gasteiger partial charge in [0.15, 0.2) is 0 Å². The molecule has 3 aromatic rings. The van der Waals surface area contributed by atoms with E-state index in [9.17, 15) is 9.90 Å². The highest BCUT2D eigenvalue weighted by atomic mass is 16.6. The molecule has 0 aliphatic carbocycles. The third kappa shape index (κ3) is 4.49. The van der Waals surface area contributed by atoms with E-state index < -0.39 is 12.3 Å². The van der Waals surface area contributed by atoms with Gasteiger partial charge in [0, 0.05) is 5.56 Å². The number of benzene rings is 3. The molecular weight excluding hydrogens is 328 g/mol. The summed E-state index contributed by atoms with van der Waals surface area (Å²) >= 11 is 0. The molecule has 0 saturated heterocycles. The summed E-state index contributed by atoms with van der Waals surface area (Å²) in [6.07, 6.45) is -1.06. The number of esters is 1. The molecule has 0 amide bonds. The van der Waals surface area contributed by atoms with E-state index in [4.69, 9.17) is 9.47 Å². The Labute approximate surface area is 152 Å². The molecule has 0 aliphatic heterocycles. The summed E-state index contributed by atoms with van der Waals surface area (Å²) in [5, 5.41) is 10.1. The summed E-state index contributed by atoms with van der Waals surface area (Å²) in [5.41, 5.74) is 3.35. The van der Waals surface area contributed by atoms with Crippen LogP contribution < -0.4 is 9.47 Å². The minimum Gasteiger partial charge on any atom is -0.461 e. The van der Waals surface area contributed by atoms with Crippen LogP contribution in [0.4, 0.5) is 0 Å². The van der Waals surface area contributed by atoms with Crippen LogP contribution in [-0.2, 0) is 0 Å². The Kier molecular flexibility index (Phi) is 5.34. The zero-order valence-corrected chi connectivity index (χ0v) is 14.7. The number of hydrogen-bond donors (Lipinski definition) is 1. The van der Waals surface area contributed by atoms with Crippen LogP contribution in [0, 0.1) is 13.8 Å². The van der Waals surface area contributed by atoms with E-state index in [1.165, 1.54) is 0 Å². The van der Waals surface area contributed by atoms with Gasteiger partial charge in [0.25, 0.3) is 0 Å². The Morgan fingerprint density at radius 1 is 0.769 bits per heavy atom. The van der Waals surface area contributed by atoms with Gasteiger partial charge in [-0.15, -0.1) is 0 Å². The maximum Gasteiger partial charge on any atom is 0.343 e. The average molecular weight is 348 g/mol. The lowest BCUT2D eigenvalue weighted by atomic mass is 10.1. The molecule has 0 aliphatic rings. The second-order valence-corrected chi connectivity index (χ2v) is 6.11. The molecule has 132 valence electrons. The van der Waals surface area contributed by atoms with Crippen molar-refractivity contribution >= 4 is 5.97 Å². The second kappa shape index (κ2) is 7.85. The van der Waals surface area contributed by atoms with Gasteiger partial charge in [-0.25, -0.2) is 4.79 Å². The molecule has 0 radical (unpaired) electrons. The van der Waals surface area contributed by atoms with E-state index >= 15 is 0 Å². The van der Waals surface area contributed by atoms with Crippen molar-refractivity contribution in [2.45, 2.75) is 20.1 Å². The van der Waals surface area contributed by atoms with Gasteiger partial charge in [0.05, 0.1) is 5.56 Å². The van der Waals surface area contributed by atoms with Crippen LogP contribution in [0.1, 0.15) is 33.3 Å². The van der Waals surface area contributed by atoms with E-state index in [-0.39, 0.29) is 0 Å². The molecule has 26 heavy (non-hydrogen) atoms. The number of hydrogen-bond acceptors (Lipinski definition) is 4. The number of carbonyl (C=O) groups excluding carboxylic acids is 1. The molecule has 3 rings (SSSR count). The summed E-state index contributed by atoms with van der Waals surface area (Å²) in [4.78, 5) is 12.1. The largest absolute Gasteiger partial charge is 0.461 e. The van der Waals surface area contributed by atoms with E-state index in [2.05, 4.69) is 0 Å². The molecule has 0 aromatic heterocycles. The maximum atomic E-state index is 12.1. The molecular formula is C22H20O4. The third-order valence-electron chi connectivity index (χ3n) is 3.93. The summed E-state index contributed by atoms with van der Waals surface area (Å²) in [7, 11) is 0.